The minimum Gasteiger partial charge on any atom is -0.461 e. The molecule has 1 amide bonds. The quantitative estimate of drug-likeness (QED) is 0.222. The summed E-state index contributed by atoms with van der Waals surface area (Å²) in [7, 11) is 0. The monoisotopic (exact) mass is 748 g/mol. The van der Waals surface area contributed by atoms with Crippen LogP contribution in [0.3, 0.4) is 0 Å². The Hall–Kier alpha value is -4.72. The zero-order valence-corrected chi connectivity index (χ0v) is 29.4. The van der Waals surface area contributed by atoms with Gasteiger partial charge in [0, 0.05) is 48.9 Å². The fraction of sp³-hybridized carbons (Fsp3) is 0.429. The van der Waals surface area contributed by atoms with Crippen molar-refractivity contribution in [3.63, 3.8) is 0 Å². The van der Waals surface area contributed by atoms with Crippen molar-refractivity contribution in [3.8, 4) is 23.2 Å². The Morgan fingerprint density at radius 2 is 2.02 bits per heavy atom. The number of benzene rings is 2. The Morgan fingerprint density at radius 3 is 2.79 bits per heavy atom. The Bertz CT molecular complexity index is 2320. The summed E-state index contributed by atoms with van der Waals surface area (Å²) in [5, 5.41) is 14.5. The lowest BCUT2D eigenvalue weighted by atomic mass is 9.78. The first-order chi connectivity index (χ1) is 25.1. The van der Waals surface area contributed by atoms with Crippen LogP contribution in [0.5, 0.6) is 6.01 Å². The minimum absolute atomic E-state index is 0.00358. The van der Waals surface area contributed by atoms with Crippen molar-refractivity contribution >= 4 is 60.8 Å². The molecule has 0 aliphatic carbocycles. The number of amides is 1. The summed E-state index contributed by atoms with van der Waals surface area (Å²) < 4.78 is 54.4. The number of aromatic nitrogens is 5. The Balaban J connectivity index is 1.17. The number of alkyl halides is 1. The molecule has 4 saturated heterocycles. The van der Waals surface area contributed by atoms with Crippen LogP contribution in [0.25, 0.3) is 32.1 Å². The summed E-state index contributed by atoms with van der Waals surface area (Å²) in [4.78, 5) is 32.7. The second kappa shape index (κ2) is 12.2. The predicted molar refractivity (Wildman–Crippen MR) is 189 cm³/mol. The molecule has 1 spiro atoms. The highest BCUT2D eigenvalue weighted by Gasteiger charge is 2.51. The van der Waals surface area contributed by atoms with Crippen LogP contribution in [-0.4, -0.2) is 97.1 Å². The molecule has 4 aliphatic rings. The molecule has 5 aromatic rings. The van der Waals surface area contributed by atoms with Crippen molar-refractivity contribution in [2.24, 2.45) is 0 Å². The van der Waals surface area contributed by atoms with Crippen molar-refractivity contribution in [1.29, 1.82) is 5.26 Å². The zero-order valence-electron chi connectivity index (χ0n) is 27.8. The zero-order chi connectivity index (χ0) is 35.9. The number of anilines is 2. The van der Waals surface area contributed by atoms with E-state index in [2.05, 4.69) is 20.0 Å². The van der Waals surface area contributed by atoms with Crippen LogP contribution >= 0.6 is 22.9 Å². The Morgan fingerprint density at radius 1 is 1.17 bits per heavy atom. The topological polar surface area (TPSA) is 142 Å². The van der Waals surface area contributed by atoms with Crippen LogP contribution in [0.1, 0.15) is 44.1 Å². The van der Waals surface area contributed by atoms with Gasteiger partial charge in [0.2, 0.25) is 0 Å². The summed E-state index contributed by atoms with van der Waals surface area (Å²) in [6, 6.07) is 5.83. The maximum Gasteiger partial charge on any atom is 0.346 e. The van der Waals surface area contributed by atoms with E-state index < -0.39 is 28.9 Å². The van der Waals surface area contributed by atoms with Crippen molar-refractivity contribution in [3.05, 3.63) is 53.1 Å². The second-order valence-corrected chi connectivity index (χ2v) is 15.6. The third kappa shape index (κ3) is 5.00. The molecule has 2 aromatic carbocycles. The maximum atomic E-state index is 17.2. The van der Waals surface area contributed by atoms with E-state index in [0.29, 0.717) is 43.8 Å². The highest BCUT2D eigenvalue weighted by Crippen LogP contribution is 2.47. The van der Waals surface area contributed by atoms with E-state index in [1.165, 1.54) is 29.5 Å². The molecular formula is C35H32ClF3N10O2S. The molecule has 7 heterocycles. The summed E-state index contributed by atoms with van der Waals surface area (Å²) in [5.41, 5.74) is 5.15. The van der Waals surface area contributed by atoms with E-state index in [-0.39, 0.29) is 61.0 Å². The van der Waals surface area contributed by atoms with Crippen molar-refractivity contribution < 1.29 is 22.7 Å². The van der Waals surface area contributed by atoms with Crippen LogP contribution in [0.15, 0.2) is 30.9 Å². The third-order valence-electron chi connectivity index (χ3n) is 11.3. The molecule has 9 rings (SSSR count). The molecule has 4 fully saturated rings. The average molecular weight is 749 g/mol. The van der Waals surface area contributed by atoms with E-state index >= 15 is 4.39 Å². The number of nitrogens with zero attached hydrogens (tertiary/aromatic N) is 9. The molecule has 0 radical (unpaired) electrons. The van der Waals surface area contributed by atoms with Crippen molar-refractivity contribution in [2.45, 2.75) is 55.8 Å². The highest BCUT2D eigenvalue weighted by molar-refractivity contribution is 7.23. The standard InChI is InChI=1S/C35H32ClF3N10O2S/c36-23-11-21-28(27(39)26(23)20-3-4-24(38)29-25(20)22(13-40)30(41)52-29)44-32(51-16-35-6-2-9-47(35)14-19(37)12-35)45-31(21)46-8-1-5-34(15-46)7-10-48(34)33(50)49-18-42-17-43-49/h3-4,11,17-19H,1-2,5-10,12,14-16,41H2/t19-,34?,35+/m1/s1. The van der Waals surface area contributed by atoms with Gasteiger partial charge in [0.1, 0.15) is 53.7 Å². The predicted octanol–water partition coefficient (Wildman–Crippen LogP) is 6.16. The molecule has 17 heteroatoms. The van der Waals surface area contributed by atoms with Crippen LogP contribution in [0, 0.1) is 23.0 Å². The summed E-state index contributed by atoms with van der Waals surface area (Å²) in [6.45, 7) is 2.75. The van der Waals surface area contributed by atoms with Gasteiger partial charge in [-0.25, -0.2) is 22.9 Å². The van der Waals surface area contributed by atoms with Gasteiger partial charge in [-0.2, -0.15) is 25.0 Å². The molecule has 268 valence electrons. The molecule has 52 heavy (non-hydrogen) atoms. The number of piperidine rings is 1. The van der Waals surface area contributed by atoms with Gasteiger partial charge in [-0.15, -0.1) is 11.3 Å². The van der Waals surface area contributed by atoms with Gasteiger partial charge in [0.25, 0.3) is 0 Å². The minimum atomic E-state index is -0.966. The maximum absolute atomic E-state index is 17.2. The van der Waals surface area contributed by atoms with Gasteiger partial charge in [-0.3, -0.25) is 4.90 Å². The molecule has 0 saturated carbocycles. The first-order valence-electron chi connectivity index (χ1n) is 17.2. The largest absolute Gasteiger partial charge is 0.461 e. The lowest BCUT2D eigenvalue weighted by Crippen LogP contribution is -2.69. The number of nitrogens with two attached hydrogens (primary N) is 1. The SMILES string of the molecule is N#Cc1c(N)sc2c(F)ccc(-c3c(Cl)cc4c(N5CCCC6(CCN6C(=O)n6cncn6)C5)nc(OC[C@@]56CCCN5C[C@H](F)C6)nc4c3F)c12. The number of nitriles is 1. The lowest BCUT2D eigenvalue weighted by Gasteiger charge is -2.56. The van der Waals surface area contributed by atoms with Gasteiger partial charge >= 0.3 is 12.0 Å². The number of thiophene rings is 1. The molecule has 3 aromatic heterocycles. The summed E-state index contributed by atoms with van der Waals surface area (Å²) >= 11 is 7.82. The number of hydrogen-bond donors (Lipinski definition) is 1. The van der Waals surface area contributed by atoms with Gasteiger partial charge in [0.15, 0.2) is 5.82 Å². The third-order valence-corrected chi connectivity index (χ3v) is 12.7. The van der Waals surface area contributed by atoms with E-state index in [9.17, 15) is 18.8 Å². The van der Waals surface area contributed by atoms with E-state index in [1.54, 1.807) is 11.0 Å². The van der Waals surface area contributed by atoms with Gasteiger partial charge in [-0.1, -0.05) is 17.7 Å². The first kappa shape index (κ1) is 33.1. The number of fused-ring (bicyclic) bond motifs is 3. The van der Waals surface area contributed by atoms with Crippen molar-refractivity contribution in [1.82, 2.24) is 34.5 Å². The van der Waals surface area contributed by atoms with Crippen LogP contribution < -0.4 is 15.4 Å². The van der Waals surface area contributed by atoms with Gasteiger partial charge in [-0.05, 0) is 56.3 Å². The fourth-order valence-electron chi connectivity index (χ4n) is 8.86. The number of hydrogen-bond acceptors (Lipinski definition) is 11. The molecule has 1 unspecified atom stereocenters. The molecule has 12 nitrogen and oxygen atoms in total. The number of carbonyl (C=O) groups is 1. The molecular weight excluding hydrogens is 717 g/mol. The lowest BCUT2D eigenvalue weighted by molar-refractivity contribution is 0.0117. The number of nitrogen functional groups attached to an aromatic ring is 1. The average Bonchev–Trinajstić information content (AvgIpc) is 3.92. The Kier molecular flexibility index (Phi) is 7.76. The van der Waals surface area contributed by atoms with Crippen LogP contribution in [-0.2, 0) is 0 Å². The number of halogens is 4. The first-order valence-corrected chi connectivity index (χ1v) is 18.3. The number of carbonyl (C=O) groups excluding carboxylic acids is 1. The van der Waals surface area contributed by atoms with Crippen LogP contribution in [0.2, 0.25) is 5.02 Å². The highest BCUT2D eigenvalue weighted by atomic mass is 35.5. The second-order valence-electron chi connectivity index (χ2n) is 14.2. The Labute approximate surface area is 304 Å². The smallest absolute Gasteiger partial charge is 0.346 e. The van der Waals surface area contributed by atoms with Crippen molar-refractivity contribution in [2.75, 3.05) is 50.0 Å². The number of rotatable bonds is 5. The normalized spacial score (nSPS) is 24.5. The summed E-state index contributed by atoms with van der Waals surface area (Å²) in [5.74, 6) is -1.02. The van der Waals surface area contributed by atoms with E-state index in [4.69, 9.17) is 27.1 Å². The molecule has 0 bridgehead atoms. The van der Waals surface area contributed by atoms with E-state index in [1.807, 2.05) is 11.0 Å². The summed E-state index contributed by atoms with van der Waals surface area (Å²) in [6.07, 6.45) is 5.96. The molecule has 3 atom stereocenters. The number of likely N-dealkylation sites (tertiary alicyclic amines) is 1. The fourth-order valence-corrected chi connectivity index (χ4v) is 10.1. The van der Waals surface area contributed by atoms with Crippen LogP contribution in [0.4, 0.5) is 28.8 Å². The molecule has 2 N–H and O–H groups in total. The van der Waals surface area contributed by atoms with Gasteiger partial charge in [0.05, 0.1) is 26.4 Å². The molecule has 4 aliphatic heterocycles. The van der Waals surface area contributed by atoms with E-state index in [0.717, 1.165) is 50.0 Å². The number of ether oxygens (including phenoxy) is 1. The van der Waals surface area contributed by atoms with Gasteiger partial charge < -0.3 is 20.3 Å².